The summed E-state index contributed by atoms with van der Waals surface area (Å²) >= 11 is 1.37. The third-order valence-corrected chi connectivity index (χ3v) is 5.58. The van der Waals surface area contributed by atoms with Crippen LogP contribution in [0.1, 0.15) is 27.9 Å². The highest BCUT2D eigenvalue weighted by atomic mass is 32.1. The summed E-state index contributed by atoms with van der Waals surface area (Å²) in [6.07, 6.45) is 0.131. The van der Waals surface area contributed by atoms with Crippen LogP contribution < -0.4 is 10.1 Å². The maximum absolute atomic E-state index is 12.9. The maximum atomic E-state index is 12.9. The van der Waals surface area contributed by atoms with E-state index in [-0.39, 0.29) is 5.91 Å². The first-order valence-electron chi connectivity index (χ1n) is 9.67. The molecule has 1 aliphatic heterocycles. The molecule has 0 spiro atoms. The zero-order valence-corrected chi connectivity index (χ0v) is 17.3. The Morgan fingerprint density at radius 3 is 2.57 bits per heavy atom. The van der Waals surface area contributed by atoms with Gasteiger partial charge in [0.25, 0.3) is 5.91 Å². The van der Waals surface area contributed by atoms with Gasteiger partial charge in [-0.15, -0.1) is 0 Å². The first-order chi connectivity index (χ1) is 14.6. The molecule has 0 aliphatic carbocycles. The maximum Gasteiger partial charge on any atom is 0.413 e. The number of nitrogens with zero attached hydrogens (tertiary/aromatic N) is 2. The van der Waals surface area contributed by atoms with Crippen molar-refractivity contribution in [3.63, 3.8) is 0 Å². The normalized spacial score (nSPS) is 12.8. The fourth-order valence-electron chi connectivity index (χ4n) is 3.15. The van der Waals surface area contributed by atoms with Crippen molar-refractivity contribution >= 4 is 28.5 Å². The van der Waals surface area contributed by atoms with E-state index < -0.39 is 6.09 Å². The number of para-hydroxylation sites is 1. The molecule has 1 aliphatic rings. The minimum Gasteiger partial charge on any atom is -0.457 e. The lowest BCUT2D eigenvalue weighted by molar-refractivity contribution is 0.0736. The van der Waals surface area contributed by atoms with E-state index in [1.54, 1.807) is 36.1 Å². The molecule has 0 bridgehead atoms. The molecule has 0 saturated carbocycles. The summed E-state index contributed by atoms with van der Waals surface area (Å²) in [6, 6.07) is 16.6. The number of hydrogen-bond acceptors (Lipinski definition) is 6. The van der Waals surface area contributed by atoms with Crippen LogP contribution in [0.4, 0.5) is 9.93 Å². The highest BCUT2D eigenvalue weighted by molar-refractivity contribution is 7.15. The summed E-state index contributed by atoms with van der Waals surface area (Å²) in [5.74, 6) is 1.38. The Kier molecular flexibility index (Phi) is 5.94. The molecule has 2 amide bonds. The van der Waals surface area contributed by atoms with Crippen LogP contribution >= 0.6 is 11.3 Å². The fourth-order valence-corrected chi connectivity index (χ4v) is 4.16. The molecule has 0 atom stereocenters. The number of nitrogens with one attached hydrogen (secondary N) is 1. The molecular weight excluding hydrogens is 402 g/mol. The zero-order chi connectivity index (χ0) is 20.9. The van der Waals surface area contributed by atoms with Crippen molar-refractivity contribution in [1.29, 1.82) is 0 Å². The van der Waals surface area contributed by atoms with Crippen LogP contribution in [0.25, 0.3) is 0 Å². The quantitative estimate of drug-likeness (QED) is 0.643. The SMILES string of the molecule is CCOC(=O)Nc1nc2c(s1)CN(C(=O)c1ccc(Oc3ccccc3)cc1)CC2. The van der Waals surface area contributed by atoms with Crippen LogP contribution in [-0.2, 0) is 17.7 Å². The minimum absolute atomic E-state index is 0.0415. The van der Waals surface area contributed by atoms with Crippen molar-refractivity contribution in [2.45, 2.75) is 19.9 Å². The van der Waals surface area contributed by atoms with Gasteiger partial charge in [0.1, 0.15) is 11.5 Å². The Morgan fingerprint density at radius 1 is 1.10 bits per heavy atom. The minimum atomic E-state index is -0.519. The Morgan fingerprint density at radius 2 is 1.83 bits per heavy atom. The Bertz CT molecular complexity index is 1030. The third-order valence-electron chi connectivity index (χ3n) is 4.58. The second-order valence-corrected chi connectivity index (χ2v) is 7.73. The number of rotatable bonds is 5. The number of benzene rings is 2. The number of amides is 2. The van der Waals surface area contributed by atoms with Gasteiger partial charge in [-0.3, -0.25) is 10.1 Å². The molecule has 2 aromatic carbocycles. The summed E-state index contributed by atoms with van der Waals surface area (Å²) in [5, 5.41) is 3.13. The van der Waals surface area contributed by atoms with Crippen molar-refractivity contribution in [1.82, 2.24) is 9.88 Å². The monoisotopic (exact) mass is 423 g/mol. The molecule has 3 aromatic rings. The average molecular weight is 423 g/mol. The average Bonchev–Trinajstić information content (AvgIpc) is 3.16. The van der Waals surface area contributed by atoms with Crippen LogP contribution in [0.15, 0.2) is 54.6 Å². The molecule has 0 fully saturated rings. The molecule has 8 heteroatoms. The molecule has 30 heavy (non-hydrogen) atoms. The van der Waals surface area contributed by atoms with Gasteiger partial charge in [0.05, 0.1) is 18.8 Å². The molecule has 0 unspecified atom stereocenters. The van der Waals surface area contributed by atoms with Gasteiger partial charge >= 0.3 is 6.09 Å². The molecular formula is C22H21N3O4S. The molecule has 154 valence electrons. The number of anilines is 1. The number of fused-ring (bicyclic) bond motifs is 1. The molecule has 2 heterocycles. The number of aromatic nitrogens is 1. The van der Waals surface area contributed by atoms with Gasteiger partial charge < -0.3 is 14.4 Å². The Hall–Kier alpha value is -3.39. The van der Waals surface area contributed by atoms with Crippen molar-refractivity contribution in [2.75, 3.05) is 18.5 Å². The lowest BCUT2D eigenvalue weighted by atomic mass is 10.1. The summed E-state index contributed by atoms with van der Waals surface area (Å²) in [4.78, 5) is 31.7. The van der Waals surface area contributed by atoms with Crippen LogP contribution in [0.3, 0.4) is 0 Å². The molecule has 0 radical (unpaired) electrons. The van der Waals surface area contributed by atoms with Gasteiger partial charge in [0, 0.05) is 23.4 Å². The number of ether oxygens (including phenoxy) is 2. The van der Waals surface area contributed by atoms with Gasteiger partial charge in [-0.2, -0.15) is 0 Å². The smallest absolute Gasteiger partial charge is 0.413 e. The van der Waals surface area contributed by atoms with E-state index in [2.05, 4.69) is 10.3 Å². The largest absolute Gasteiger partial charge is 0.457 e. The topological polar surface area (TPSA) is 80.8 Å². The number of thiazole rings is 1. The molecule has 7 nitrogen and oxygen atoms in total. The van der Waals surface area contributed by atoms with Crippen LogP contribution in [0.5, 0.6) is 11.5 Å². The van der Waals surface area contributed by atoms with Crippen LogP contribution in [-0.4, -0.2) is 35.0 Å². The van der Waals surface area contributed by atoms with Crippen molar-refractivity contribution in [3.05, 3.63) is 70.7 Å². The second kappa shape index (κ2) is 8.96. The van der Waals surface area contributed by atoms with Gasteiger partial charge in [0.2, 0.25) is 0 Å². The van der Waals surface area contributed by atoms with Crippen LogP contribution in [0, 0.1) is 0 Å². The van der Waals surface area contributed by atoms with E-state index in [1.165, 1.54) is 11.3 Å². The standard InChI is InChI=1S/C22H21N3O4S/c1-2-28-22(27)24-21-23-18-12-13-25(14-19(18)30-21)20(26)15-8-10-17(11-9-15)29-16-6-4-3-5-7-16/h3-11H,2,12-14H2,1H3,(H,23,24,27). The van der Waals surface area contributed by atoms with E-state index in [0.29, 0.717) is 42.6 Å². The molecule has 1 aromatic heterocycles. The summed E-state index contributed by atoms with van der Waals surface area (Å²) < 4.78 is 10.7. The predicted octanol–water partition coefficient (Wildman–Crippen LogP) is 4.70. The van der Waals surface area contributed by atoms with Crippen LogP contribution in [0.2, 0.25) is 0 Å². The highest BCUT2D eigenvalue weighted by Gasteiger charge is 2.25. The molecule has 1 N–H and O–H groups in total. The van der Waals surface area contributed by atoms with E-state index in [0.717, 1.165) is 16.3 Å². The first kappa shape index (κ1) is 19.9. The zero-order valence-electron chi connectivity index (χ0n) is 16.5. The Balaban J connectivity index is 1.40. The number of carbonyl (C=O) groups is 2. The van der Waals surface area contributed by atoms with E-state index in [4.69, 9.17) is 9.47 Å². The van der Waals surface area contributed by atoms with Crippen molar-refractivity contribution in [3.8, 4) is 11.5 Å². The molecule has 4 rings (SSSR count). The van der Waals surface area contributed by atoms with Gasteiger partial charge in [0.15, 0.2) is 5.13 Å². The van der Waals surface area contributed by atoms with Gasteiger partial charge in [-0.1, -0.05) is 29.5 Å². The number of hydrogen-bond donors (Lipinski definition) is 1. The Labute approximate surface area is 178 Å². The highest BCUT2D eigenvalue weighted by Crippen LogP contribution is 2.29. The van der Waals surface area contributed by atoms with E-state index in [1.807, 2.05) is 30.3 Å². The molecule has 0 saturated heterocycles. The number of carbonyl (C=O) groups excluding carboxylic acids is 2. The summed E-state index contributed by atoms with van der Waals surface area (Å²) in [6.45, 7) is 3.10. The summed E-state index contributed by atoms with van der Waals surface area (Å²) in [5.41, 5.74) is 1.52. The van der Waals surface area contributed by atoms with Gasteiger partial charge in [-0.25, -0.2) is 9.78 Å². The predicted molar refractivity (Wildman–Crippen MR) is 114 cm³/mol. The summed E-state index contributed by atoms with van der Waals surface area (Å²) in [7, 11) is 0. The first-order valence-corrected chi connectivity index (χ1v) is 10.5. The van der Waals surface area contributed by atoms with E-state index in [9.17, 15) is 9.59 Å². The fraction of sp³-hybridized carbons (Fsp3) is 0.227. The van der Waals surface area contributed by atoms with Crippen molar-refractivity contribution in [2.24, 2.45) is 0 Å². The van der Waals surface area contributed by atoms with E-state index >= 15 is 0 Å². The second-order valence-electron chi connectivity index (χ2n) is 6.65. The van der Waals surface area contributed by atoms with Crippen molar-refractivity contribution < 1.29 is 19.1 Å². The van der Waals surface area contributed by atoms with Gasteiger partial charge in [-0.05, 0) is 43.3 Å². The lowest BCUT2D eigenvalue weighted by Crippen LogP contribution is -2.35. The third kappa shape index (κ3) is 4.60. The lowest BCUT2D eigenvalue weighted by Gasteiger charge is -2.26.